The lowest BCUT2D eigenvalue weighted by atomic mass is 9.94. The number of fused-ring (bicyclic) bond motifs is 1. The third-order valence-corrected chi connectivity index (χ3v) is 7.06. The molecule has 1 aliphatic rings. The van der Waals surface area contributed by atoms with Gasteiger partial charge in [-0.1, -0.05) is 24.3 Å². The molecule has 1 aliphatic heterocycles. The number of ketones is 1. The van der Waals surface area contributed by atoms with E-state index in [0.29, 0.717) is 40.8 Å². The molecule has 3 aromatic rings. The summed E-state index contributed by atoms with van der Waals surface area (Å²) >= 11 is 0. The molecule has 0 fully saturated rings. The molecule has 0 saturated carbocycles. The Morgan fingerprint density at radius 2 is 1.79 bits per heavy atom. The van der Waals surface area contributed by atoms with Gasteiger partial charge in [0.1, 0.15) is 0 Å². The summed E-state index contributed by atoms with van der Waals surface area (Å²) in [6.45, 7) is 7.23. The van der Waals surface area contributed by atoms with E-state index in [-0.39, 0.29) is 11.3 Å². The molecular weight excluding hydrogens is 488 g/mol. The molecular formula is C29H32N2O7. The SMILES string of the molecule is CC[NH+](CC)CCCN1C(=O)C([O-])=C(C(=O)c2cc3cccc(OC)c3o2)C1c1ccc(C(=O)OC)cc1. The van der Waals surface area contributed by atoms with Crippen LogP contribution in [0.3, 0.4) is 0 Å². The molecule has 0 bridgehead atoms. The van der Waals surface area contributed by atoms with Gasteiger partial charge in [0.15, 0.2) is 17.1 Å². The van der Waals surface area contributed by atoms with E-state index >= 15 is 0 Å². The average Bonchev–Trinajstić information content (AvgIpc) is 3.49. The smallest absolute Gasteiger partial charge is 0.337 e. The Morgan fingerprint density at radius 1 is 1.08 bits per heavy atom. The van der Waals surface area contributed by atoms with E-state index in [1.54, 1.807) is 48.5 Å². The van der Waals surface area contributed by atoms with Gasteiger partial charge in [0.2, 0.25) is 11.7 Å². The molecule has 1 unspecified atom stereocenters. The molecule has 0 radical (unpaired) electrons. The summed E-state index contributed by atoms with van der Waals surface area (Å²) in [4.78, 5) is 41.7. The van der Waals surface area contributed by atoms with Gasteiger partial charge >= 0.3 is 5.97 Å². The Labute approximate surface area is 221 Å². The van der Waals surface area contributed by atoms with Gasteiger partial charge in [0.05, 0.1) is 45.5 Å². The summed E-state index contributed by atoms with van der Waals surface area (Å²) in [5.74, 6) is -2.33. The van der Waals surface area contributed by atoms with Gasteiger partial charge in [-0.3, -0.25) is 9.59 Å². The topological polar surface area (TPSA) is 114 Å². The number of nitrogens with one attached hydrogen (secondary N) is 1. The average molecular weight is 521 g/mol. The van der Waals surface area contributed by atoms with Crippen molar-refractivity contribution in [3.05, 3.63) is 76.8 Å². The molecule has 2 aromatic carbocycles. The van der Waals surface area contributed by atoms with Crippen LogP contribution >= 0.6 is 0 Å². The lowest BCUT2D eigenvalue weighted by molar-refractivity contribution is -0.896. The number of nitrogens with zero attached hydrogens (tertiary/aromatic N) is 1. The summed E-state index contributed by atoms with van der Waals surface area (Å²) in [7, 11) is 2.79. The summed E-state index contributed by atoms with van der Waals surface area (Å²) in [5.41, 5.74) is 1.08. The zero-order valence-corrected chi connectivity index (χ0v) is 22.0. The molecule has 1 atom stereocenters. The first kappa shape index (κ1) is 26.9. The number of furan rings is 1. The lowest BCUT2D eigenvalue weighted by Crippen LogP contribution is -3.11. The number of esters is 1. The van der Waals surface area contributed by atoms with Crippen molar-refractivity contribution in [1.29, 1.82) is 0 Å². The van der Waals surface area contributed by atoms with Crippen LogP contribution < -0.4 is 14.7 Å². The summed E-state index contributed by atoms with van der Waals surface area (Å²) in [6.07, 6.45) is 0.663. The highest BCUT2D eigenvalue weighted by atomic mass is 16.5. The summed E-state index contributed by atoms with van der Waals surface area (Å²) in [5, 5.41) is 13.9. The van der Waals surface area contributed by atoms with Crippen molar-refractivity contribution in [3.8, 4) is 5.75 Å². The Morgan fingerprint density at radius 3 is 2.42 bits per heavy atom. The quantitative estimate of drug-likeness (QED) is 0.304. The second-order valence-electron chi connectivity index (χ2n) is 9.14. The van der Waals surface area contributed by atoms with Gasteiger partial charge in [-0.05, 0) is 49.4 Å². The number of hydrogen-bond acceptors (Lipinski definition) is 7. The van der Waals surface area contributed by atoms with Gasteiger partial charge < -0.3 is 28.8 Å². The fraction of sp³-hybridized carbons (Fsp3) is 0.345. The van der Waals surface area contributed by atoms with Crippen molar-refractivity contribution < 1.29 is 38.3 Å². The number of hydrogen-bond donors (Lipinski definition) is 1. The Balaban J connectivity index is 1.73. The minimum atomic E-state index is -0.906. The van der Waals surface area contributed by atoms with Gasteiger partial charge in [0, 0.05) is 23.9 Å². The van der Waals surface area contributed by atoms with Crippen LogP contribution in [0.1, 0.15) is 52.8 Å². The summed E-state index contributed by atoms with van der Waals surface area (Å²) in [6, 6.07) is 12.3. The second-order valence-corrected chi connectivity index (χ2v) is 9.14. The molecule has 4 rings (SSSR count). The van der Waals surface area contributed by atoms with E-state index in [1.165, 1.54) is 24.0 Å². The van der Waals surface area contributed by atoms with Gasteiger partial charge in [0.25, 0.3) is 0 Å². The number of benzene rings is 2. The van der Waals surface area contributed by atoms with Crippen molar-refractivity contribution in [2.24, 2.45) is 0 Å². The Bertz CT molecular complexity index is 1370. The van der Waals surface area contributed by atoms with Gasteiger partial charge in [-0.25, -0.2) is 4.79 Å². The first-order chi connectivity index (χ1) is 18.3. The summed E-state index contributed by atoms with van der Waals surface area (Å²) < 4.78 is 15.9. The molecule has 2 heterocycles. The molecule has 200 valence electrons. The third-order valence-electron chi connectivity index (χ3n) is 7.06. The zero-order chi connectivity index (χ0) is 27.4. The van der Waals surface area contributed by atoms with Crippen molar-refractivity contribution in [3.63, 3.8) is 0 Å². The maximum atomic E-state index is 13.7. The number of methoxy groups -OCH3 is 2. The second kappa shape index (κ2) is 11.5. The number of Topliss-reactive ketones (excluding diaryl/α,β-unsaturated/α-hetero) is 1. The maximum absolute atomic E-state index is 13.7. The highest BCUT2D eigenvalue weighted by Gasteiger charge is 2.40. The normalized spacial score (nSPS) is 15.6. The first-order valence-corrected chi connectivity index (χ1v) is 12.7. The van der Waals surface area contributed by atoms with E-state index in [2.05, 4.69) is 13.8 Å². The van der Waals surface area contributed by atoms with Crippen LogP contribution in [0.2, 0.25) is 0 Å². The molecule has 38 heavy (non-hydrogen) atoms. The molecule has 0 aliphatic carbocycles. The number of carbonyl (C=O) groups is 3. The van der Waals surface area contributed by atoms with E-state index in [0.717, 1.165) is 19.6 Å². The van der Waals surface area contributed by atoms with Crippen LogP contribution in [0, 0.1) is 0 Å². The molecule has 1 N–H and O–H groups in total. The highest BCUT2D eigenvalue weighted by molar-refractivity contribution is 6.16. The van der Waals surface area contributed by atoms with Crippen LogP contribution in [-0.2, 0) is 9.53 Å². The largest absolute Gasteiger partial charge is 0.868 e. The van der Waals surface area contributed by atoms with E-state index < -0.39 is 29.5 Å². The highest BCUT2D eigenvalue weighted by Crippen LogP contribution is 2.39. The standard InChI is InChI=1S/C29H32N2O7/c1-5-30(6-2)15-8-16-31-24(18-11-13-19(14-12-18)29(35)37-4)23(26(33)28(31)34)25(32)22-17-20-9-7-10-21(36-3)27(20)38-22/h7,9-14,17,24,33H,5-6,8,15-16H2,1-4H3. The molecule has 9 heteroatoms. The van der Waals surface area contributed by atoms with Crippen molar-refractivity contribution in [2.45, 2.75) is 26.3 Å². The monoisotopic (exact) mass is 520 g/mol. The van der Waals surface area contributed by atoms with Crippen molar-refractivity contribution in [1.82, 2.24) is 4.90 Å². The lowest BCUT2D eigenvalue weighted by Gasteiger charge is -2.28. The number of amides is 1. The van der Waals surface area contributed by atoms with E-state index in [9.17, 15) is 19.5 Å². The minimum Gasteiger partial charge on any atom is -0.868 e. The van der Waals surface area contributed by atoms with Crippen LogP contribution in [0.15, 0.2) is 64.3 Å². The van der Waals surface area contributed by atoms with Crippen molar-refractivity contribution >= 4 is 28.6 Å². The predicted molar refractivity (Wildman–Crippen MR) is 138 cm³/mol. The zero-order valence-electron chi connectivity index (χ0n) is 22.0. The van der Waals surface area contributed by atoms with Crippen LogP contribution in [0.25, 0.3) is 11.0 Å². The predicted octanol–water partition coefficient (Wildman–Crippen LogP) is 1.92. The maximum Gasteiger partial charge on any atom is 0.337 e. The molecule has 0 spiro atoms. The number of ether oxygens (including phenoxy) is 2. The van der Waals surface area contributed by atoms with Crippen molar-refractivity contribution in [2.75, 3.05) is 40.4 Å². The molecule has 1 aromatic heterocycles. The first-order valence-electron chi connectivity index (χ1n) is 12.7. The molecule has 0 saturated heterocycles. The number of quaternary nitrogens is 1. The fourth-order valence-corrected chi connectivity index (χ4v) is 4.91. The third kappa shape index (κ3) is 5.02. The minimum absolute atomic E-state index is 0.0498. The Kier molecular flexibility index (Phi) is 8.16. The molecule has 1 amide bonds. The van der Waals surface area contributed by atoms with E-state index in [1.807, 2.05) is 0 Å². The van der Waals surface area contributed by atoms with Crippen LogP contribution in [0.5, 0.6) is 5.75 Å². The molecule has 9 nitrogen and oxygen atoms in total. The van der Waals surface area contributed by atoms with E-state index in [4.69, 9.17) is 13.9 Å². The Hall–Kier alpha value is -4.11. The van der Waals surface area contributed by atoms with Crippen LogP contribution in [-0.4, -0.2) is 63.0 Å². The number of rotatable bonds is 11. The number of carbonyl (C=O) groups excluding carboxylic acids is 3. The van der Waals surface area contributed by atoms with Gasteiger partial charge in [-0.2, -0.15) is 0 Å². The van der Waals surface area contributed by atoms with Crippen LogP contribution in [0.4, 0.5) is 0 Å². The number of para-hydroxylation sites is 1. The fourth-order valence-electron chi connectivity index (χ4n) is 4.91. The van der Waals surface area contributed by atoms with Gasteiger partial charge in [-0.15, -0.1) is 0 Å².